The van der Waals surface area contributed by atoms with Gasteiger partial charge in [0.15, 0.2) is 0 Å². The molecule has 0 unspecified atom stereocenters. The molecule has 0 saturated carbocycles. The van der Waals surface area contributed by atoms with E-state index in [2.05, 4.69) is 9.97 Å². The molecule has 0 aliphatic heterocycles. The van der Waals surface area contributed by atoms with Crippen LogP contribution in [-0.4, -0.2) is 29.5 Å². The molecule has 0 amide bonds. The Hall–Kier alpha value is -2.00. The molecule has 0 spiro atoms. The van der Waals surface area contributed by atoms with Crippen molar-refractivity contribution in [3.63, 3.8) is 0 Å². The summed E-state index contributed by atoms with van der Waals surface area (Å²) in [6.45, 7) is 3.65. The monoisotopic (exact) mass is 508 g/mol. The van der Waals surface area contributed by atoms with Crippen molar-refractivity contribution in [2.24, 2.45) is 0 Å². The van der Waals surface area contributed by atoms with Crippen LogP contribution in [0.5, 0.6) is 0 Å². The van der Waals surface area contributed by atoms with Crippen molar-refractivity contribution in [1.29, 1.82) is 0 Å². The minimum Gasteiger partial charge on any atom is -0.320 e. The molecule has 0 fully saturated rings. The third kappa shape index (κ3) is 4.98. The number of rotatable bonds is 5. The van der Waals surface area contributed by atoms with Gasteiger partial charge in [-0.05, 0) is 73.5 Å². The molecule has 0 atom stereocenters. The van der Waals surface area contributed by atoms with Crippen LogP contribution in [0, 0.1) is 13.8 Å². The first kappa shape index (κ1) is 23.2. The van der Waals surface area contributed by atoms with Crippen LogP contribution in [-0.2, 0) is 9.13 Å². The van der Waals surface area contributed by atoms with E-state index < -0.39 is 15.2 Å². The molecular formula is C20H18N2O6P2S2. The Balaban J connectivity index is 1.77. The lowest BCUT2D eigenvalue weighted by molar-refractivity contribution is 0.386. The van der Waals surface area contributed by atoms with Crippen LogP contribution in [0.1, 0.15) is 11.4 Å². The third-order valence-corrected chi connectivity index (χ3v) is 9.79. The van der Waals surface area contributed by atoms with Crippen LogP contribution >= 0.6 is 37.9 Å². The zero-order chi connectivity index (χ0) is 23.3. The van der Waals surface area contributed by atoms with Crippen molar-refractivity contribution in [2.75, 3.05) is 0 Å². The van der Waals surface area contributed by atoms with E-state index in [0.717, 1.165) is 33.8 Å². The second-order valence-corrected chi connectivity index (χ2v) is 13.0. The second kappa shape index (κ2) is 8.41. The van der Waals surface area contributed by atoms with Gasteiger partial charge in [0.05, 0.1) is 11.4 Å². The largest absolute Gasteiger partial charge is 0.366 e. The fourth-order valence-corrected chi connectivity index (χ4v) is 6.71. The minimum atomic E-state index is -4.32. The van der Waals surface area contributed by atoms with E-state index in [1.54, 1.807) is 12.1 Å². The number of pyridine rings is 2. The lowest BCUT2D eigenvalue weighted by Crippen LogP contribution is -1.95. The third-order valence-electron chi connectivity index (χ3n) is 4.50. The lowest BCUT2D eigenvalue weighted by Gasteiger charge is -2.09. The van der Waals surface area contributed by atoms with E-state index in [1.165, 1.54) is 12.1 Å². The Bertz CT molecular complexity index is 1310. The fraction of sp³-hybridized carbons (Fsp3) is 0.100. The number of thiophene rings is 2. The number of nitrogens with zero attached hydrogens (tertiary/aromatic N) is 2. The zero-order valence-corrected chi connectivity index (χ0v) is 20.3. The number of aryl methyl sites for hydroxylation is 2. The van der Waals surface area contributed by atoms with Gasteiger partial charge < -0.3 is 19.6 Å². The maximum absolute atomic E-state index is 11.5. The average Bonchev–Trinajstić information content (AvgIpc) is 3.36. The zero-order valence-electron chi connectivity index (χ0n) is 16.8. The number of hydrogen-bond acceptors (Lipinski definition) is 6. The molecule has 4 aromatic rings. The van der Waals surface area contributed by atoms with E-state index in [9.17, 15) is 28.7 Å². The Morgan fingerprint density at radius 2 is 1.03 bits per heavy atom. The summed E-state index contributed by atoms with van der Waals surface area (Å²) in [4.78, 5) is 48.2. The smallest absolute Gasteiger partial charge is 0.320 e. The molecule has 0 bridgehead atoms. The van der Waals surface area contributed by atoms with E-state index in [4.69, 9.17) is 0 Å². The van der Waals surface area contributed by atoms with Crippen LogP contribution < -0.4 is 9.24 Å². The summed E-state index contributed by atoms with van der Waals surface area (Å²) in [5, 5.41) is 0. The Morgan fingerprint density at radius 3 is 1.34 bits per heavy atom. The van der Waals surface area contributed by atoms with Crippen molar-refractivity contribution in [3.05, 3.63) is 59.9 Å². The van der Waals surface area contributed by atoms with Gasteiger partial charge in [-0.3, -0.25) is 19.1 Å². The molecule has 0 radical (unpaired) electrons. The summed E-state index contributed by atoms with van der Waals surface area (Å²) < 4.78 is 23.1. The minimum absolute atomic E-state index is 0.00182. The van der Waals surface area contributed by atoms with E-state index in [0.29, 0.717) is 32.5 Å². The summed E-state index contributed by atoms with van der Waals surface area (Å²) >= 11 is 2.06. The van der Waals surface area contributed by atoms with Crippen LogP contribution in [0.2, 0.25) is 0 Å². The quantitative estimate of drug-likeness (QED) is 0.298. The molecule has 4 aromatic heterocycles. The van der Waals surface area contributed by atoms with Gasteiger partial charge in [-0.15, -0.1) is 22.7 Å². The first-order chi connectivity index (χ1) is 14.9. The van der Waals surface area contributed by atoms with Gasteiger partial charge in [-0.25, -0.2) is 0 Å². The first-order valence-electron chi connectivity index (χ1n) is 9.20. The SMILES string of the molecule is Cc1cc(-c2ccc(P(=O)(O)O)s2)cc(-c2cc(-c3ccc(P(=O)(O)O)s3)cc(C)n2)n1. The van der Waals surface area contributed by atoms with Gasteiger partial charge in [0.25, 0.3) is 0 Å². The highest BCUT2D eigenvalue weighted by molar-refractivity contribution is 7.68. The van der Waals surface area contributed by atoms with Gasteiger partial charge >= 0.3 is 15.2 Å². The highest BCUT2D eigenvalue weighted by Crippen LogP contribution is 2.41. The van der Waals surface area contributed by atoms with E-state index >= 15 is 0 Å². The second-order valence-electron chi connectivity index (χ2n) is 7.13. The number of aromatic nitrogens is 2. The molecule has 12 heteroatoms. The summed E-state index contributed by atoms with van der Waals surface area (Å²) in [6, 6.07) is 13.5. The van der Waals surface area contributed by atoms with E-state index in [-0.39, 0.29) is 9.24 Å². The van der Waals surface area contributed by atoms with Gasteiger partial charge in [0, 0.05) is 21.1 Å². The Labute approximate surface area is 191 Å². The van der Waals surface area contributed by atoms with Crippen molar-refractivity contribution < 1.29 is 28.7 Å². The topological polar surface area (TPSA) is 141 Å². The standard InChI is InChI=1S/C20H18N2O6P2S2/c1-11-7-13(17-3-5-19(31-17)29(23,24)25)9-15(21-11)16-10-14(8-12(2)22-16)18-4-6-20(32-18)30(26,27)28/h3-10H,1-2H3,(H2,23,24,25)(H2,26,27,28). The molecular weight excluding hydrogens is 490 g/mol. The predicted molar refractivity (Wildman–Crippen MR) is 127 cm³/mol. The van der Waals surface area contributed by atoms with Crippen molar-refractivity contribution >= 4 is 47.1 Å². The highest BCUT2D eigenvalue weighted by Gasteiger charge is 2.22. The molecule has 8 nitrogen and oxygen atoms in total. The Kier molecular flexibility index (Phi) is 6.09. The summed E-state index contributed by atoms with van der Waals surface area (Å²) in [5.41, 5.74) is 4.14. The molecule has 4 N–H and O–H groups in total. The van der Waals surface area contributed by atoms with E-state index in [1.807, 2.05) is 38.1 Å². The van der Waals surface area contributed by atoms with Gasteiger partial charge in [0.1, 0.15) is 9.24 Å². The average molecular weight is 508 g/mol. The predicted octanol–water partition coefficient (Wildman–Crippen LogP) is 3.82. The fourth-order valence-electron chi connectivity index (χ4n) is 3.16. The Morgan fingerprint density at radius 1 is 0.656 bits per heavy atom. The van der Waals surface area contributed by atoms with Gasteiger partial charge in [0.2, 0.25) is 0 Å². The maximum atomic E-state index is 11.5. The van der Waals surface area contributed by atoms with Crippen molar-refractivity contribution in [1.82, 2.24) is 9.97 Å². The number of hydrogen-bond donors (Lipinski definition) is 4. The molecule has 0 aliphatic rings. The van der Waals surface area contributed by atoms with Gasteiger partial charge in [-0.1, -0.05) is 0 Å². The molecule has 32 heavy (non-hydrogen) atoms. The summed E-state index contributed by atoms with van der Waals surface area (Å²) in [5.74, 6) is 0. The maximum Gasteiger partial charge on any atom is 0.366 e. The van der Waals surface area contributed by atoms with Crippen molar-refractivity contribution in [2.45, 2.75) is 13.8 Å². The lowest BCUT2D eigenvalue weighted by atomic mass is 10.1. The first-order valence-corrected chi connectivity index (χ1v) is 14.1. The van der Waals surface area contributed by atoms with Crippen molar-refractivity contribution in [3.8, 4) is 32.3 Å². The molecule has 4 rings (SSSR count). The molecule has 166 valence electrons. The van der Waals surface area contributed by atoms with Crippen LogP contribution in [0.3, 0.4) is 0 Å². The molecule has 0 aliphatic carbocycles. The van der Waals surface area contributed by atoms with Crippen LogP contribution in [0.15, 0.2) is 48.5 Å². The van der Waals surface area contributed by atoms with Gasteiger partial charge in [-0.2, -0.15) is 0 Å². The highest BCUT2D eigenvalue weighted by atomic mass is 32.1. The normalized spacial score (nSPS) is 12.3. The summed E-state index contributed by atoms with van der Waals surface area (Å²) in [6.07, 6.45) is 0. The van der Waals surface area contributed by atoms with Crippen LogP contribution in [0.4, 0.5) is 0 Å². The van der Waals surface area contributed by atoms with Crippen LogP contribution in [0.25, 0.3) is 32.3 Å². The molecule has 0 saturated heterocycles. The molecule has 4 heterocycles. The summed E-state index contributed by atoms with van der Waals surface area (Å²) in [7, 11) is -8.64. The molecule has 0 aromatic carbocycles.